The van der Waals surface area contributed by atoms with Crippen molar-refractivity contribution < 1.29 is 4.79 Å². The average Bonchev–Trinajstić information content (AvgIpc) is 2.28. The van der Waals surface area contributed by atoms with Crippen LogP contribution < -0.4 is 11.5 Å². The molecule has 1 aromatic rings. The molecule has 0 spiro atoms. The van der Waals surface area contributed by atoms with E-state index in [1.54, 1.807) is 6.07 Å². The number of nitrogens with two attached hydrogens (primary N) is 2. The van der Waals surface area contributed by atoms with E-state index >= 15 is 0 Å². The molecular weight excluding hydrogens is 226 g/mol. The Morgan fingerprint density at radius 2 is 2.31 bits per heavy atom. The number of hydrogen-bond donors (Lipinski definition) is 2. The zero-order valence-corrected chi connectivity index (χ0v) is 10.00. The van der Waals surface area contributed by atoms with Crippen LogP contribution in [-0.4, -0.2) is 17.3 Å². The molecule has 5 heteroatoms. The van der Waals surface area contributed by atoms with Crippen LogP contribution in [0.1, 0.15) is 30.1 Å². The van der Waals surface area contributed by atoms with Gasteiger partial charge in [0.2, 0.25) is 0 Å². The first-order valence-electron chi connectivity index (χ1n) is 5.25. The zero-order chi connectivity index (χ0) is 12.1. The lowest BCUT2D eigenvalue weighted by molar-refractivity contribution is 0.0918. The molecule has 1 unspecified atom stereocenters. The molecule has 88 valence electrons. The van der Waals surface area contributed by atoms with Gasteiger partial charge >= 0.3 is 0 Å². The van der Waals surface area contributed by atoms with Gasteiger partial charge < -0.3 is 11.5 Å². The van der Waals surface area contributed by atoms with Gasteiger partial charge in [-0.1, -0.05) is 24.9 Å². The molecule has 0 amide bonds. The first-order valence-corrected chi connectivity index (χ1v) is 5.63. The molecule has 1 heterocycles. The van der Waals surface area contributed by atoms with Crippen LogP contribution in [0.3, 0.4) is 0 Å². The van der Waals surface area contributed by atoms with Gasteiger partial charge in [0.1, 0.15) is 5.82 Å². The third-order valence-electron chi connectivity index (χ3n) is 2.44. The van der Waals surface area contributed by atoms with Crippen molar-refractivity contribution in [2.45, 2.75) is 19.8 Å². The molecule has 0 aromatic carbocycles. The summed E-state index contributed by atoms with van der Waals surface area (Å²) in [6.07, 6.45) is 3.08. The number of Topliss-reactive ketones (excluding diaryl/α,β-unsaturated/α-hetero) is 1. The number of nitrogens with zero attached hydrogens (tertiary/aromatic N) is 1. The normalized spacial score (nSPS) is 12.4. The Bertz CT molecular complexity index is 381. The highest BCUT2D eigenvalue weighted by molar-refractivity contribution is 6.31. The number of rotatable bonds is 5. The van der Waals surface area contributed by atoms with Crippen molar-refractivity contribution in [2.75, 3.05) is 12.3 Å². The largest absolute Gasteiger partial charge is 0.383 e. The molecule has 4 N–H and O–H groups in total. The van der Waals surface area contributed by atoms with Gasteiger partial charge in [0.05, 0.1) is 10.6 Å². The molecule has 0 saturated carbocycles. The second kappa shape index (κ2) is 5.82. The molecule has 0 fully saturated rings. The molecule has 0 aliphatic heterocycles. The Labute approximate surface area is 100.0 Å². The number of pyridine rings is 1. The van der Waals surface area contributed by atoms with E-state index in [0.717, 1.165) is 12.8 Å². The summed E-state index contributed by atoms with van der Waals surface area (Å²) >= 11 is 5.78. The lowest BCUT2D eigenvalue weighted by Gasteiger charge is -2.13. The molecule has 4 nitrogen and oxygen atoms in total. The van der Waals surface area contributed by atoms with Crippen molar-refractivity contribution in [3.05, 3.63) is 22.8 Å². The van der Waals surface area contributed by atoms with E-state index < -0.39 is 0 Å². The summed E-state index contributed by atoms with van der Waals surface area (Å²) in [5.74, 6) is -0.0617. The number of nitrogen functional groups attached to an aromatic ring is 1. The van der Waals surface area contributed by atoms with Crippen LogP contribution in [0.25, 0.3) is 0 Å². The fourth-order valence-corrected chi connectivity index (χ4v) is 1.73. The minimum atomic E-state index is -0.201. The molecule has 1 rings (SSSR count). The maximum absolute atomic E-state index is 12.1. The van der Waals surface area contributed by atoms with E-state index in [0.29, 0.717) is 17.1 Å². The Morgan fingerprint density at radius 1 is 1.62 bits per heavy atom. The van der Waals surface area contributed by atoms with Crippen LogP contribution in [0.4, 0.5) is 5.82 Å². The Morgan fingerprint density at radius 3 is 2.88 bits per heavy atom. The van der Waals surface area contributed by atoms with Gasteiger partial charge in [0.25, 0.3) is 0 Å². The number of ketones is 1. The fourth-order valence-electron chi connectivity index (χ4n) is 1.57. The lowest BCUT2D eigenvalue weighted by Crippen LogP contribution is -2.24. The van der Waals surface area contributed by atoms with Crippen LogP contribution in [0.2, 0.25) is 5.02 Å². The van der Waals surface area contributed by atoms with Gasteiger partial charge in [0.15, 0.2) is 5.78 Å². The maximum Gasteiger partial charge on any atom is 0.170 e. The van der Waals surface area contributed by atoms with Gasteiger partial charge in [-0.05, 0) is 12.5 Å². The summed E-state index contributed by atoms with van der Waals surface area (Å²) in [6.45, 7) is 2.33. The van der Waals surface area contributed by atoms with Gasteiger partial charge in [-0.3, -0.25) is 4.79 Å². The molecule has 0 radical (unpaired) electrons. The molecule has 0 aliphatic rings. The minimum Gasteiger partial charge on any atom is -0.383 e. The SMILES string of the molecule is CCCC(CN)C(=O)c1cc(Cl)cnc1N. The first kappa shape index (κ1) is 12.9. The molecule has 1 aromatic heterocycles. The highest BCUT2D eigenvalue weighted by Crippen LogP contribution is 2.20. The summed E-state index contributed by atoms with van der Waals surface area (Å²) in [5, 5.41) is 0.407. The predicted octanol–water partition coefficient (Wildman–Crippen LogP) is 1.87. The standard InChI is InChI=1S/C11H16ClN3O/c1-2-3-7(5-13)10(16)9-4-8(12)6-15-11(9)14/h4,6-7H,2-3,5,13H2,1H3,(H2,14,15). The quantitative estimate of drug-likeness (QED) is 0.771. The second-order valence-electron chi connectivity index (χ2n) is 3.67. The highest BCUT2D eigenvalue weighted by Gasteiger charge is 2.20. The Balaban J connectivity index is 2.98. The summed E-state index contributed by atoms with van der Waals surface area (Å²) in [5.41, 5.74) is 11.6. The smallest absolute Gasteiger partial charge is 0.170 e. The summed E-state index contributed by atoms with van der Waals surface area (Å²) in [4.78, 5) is 15.9. The Kier molecular flexibility index (Phi) is 4.71. The van der Waals surface area contributed by atoms with Crippen LogP contribution in [-0.2, 0) is 0 Å². The van der Waals surface area contributed by atoms with Crippen LogP contribution >= 0.6 is 11.6 Å². The van der Waals surface area contributed by atoms with Gasteiger partial charge in [-0.2, -0.15) is 0 Å². The third kappa shape index (κ3) is 2.93. The third-order valence-corrected chi connectivity index (χ3v) is 2.65. The van der Waals surface area contributed by atoms with Crippen molar-refractivity contribution in [1.29, 1.82) is 0 Å². The van der Waals surface area contributed by atoms with E-state index in [-0.39, 0.29) is 17.5 Å². The van der Waals surface area contributed by atoms with Crippen LogP contribution in [0.5, 0.6) is 0 Å². The van der Waals surface area contributed by atoms with Gasteiger partial charge in [-0.15, -0.1) is 0 Å². The second-order valence-corrected chi connectivity index (χ2v) is 4.11. The maximum atomic E-state index is 12.1. The molecule has 0 aliphatic carbocycles. The molecule has 0 bridgehead atoms. The van der Waals surface area contributed by atoms with Crippen molar-refractivity contribution >= 4 is 23.2 Å². The van der Waals surface area contributed by atoms with E-state index in [1.807, 2.05) is 6.92 Å². The van der Waals surface area contributed by atoms with Gasteiger partial charge in [-0.25, -0.2) is 4.98 Å². The van der Waals surface area contributed by atoms with Crippen LogP contribution in [0, 0.1) is 5.92 Å². The number of carbonyl (C=O) groups is 1. The predicted molar refractivity (Wildman–Crippen MR) is 65.4 cm³/mol. The number of anilines is 1. The number of carbonyl (C=O) groups excluding carboxylic acids is 1. The van der Waals surface area contributed by atoms with E-state index in [2.05, 4.69) is 4.98 Å². The van der Waals surface area contributed by atoms with Crippen molar-refractivity contribution in [3.8, 4) is 0 Å². The fraction of sp³-hybridized carbons (Fsp3) is 0.455. The molecule has 16 heavy (non-hydrogen) atoms. The summed E-state index contributed by atoms with van der Waals surface area (Å²) in [6, 6.07) is 1.55. The number of hydrogen-bond acceptors (Lipinski definition) is 4. The number of aromatic nitrogens is 1. The first-order chi connectivity index (χ1) is 7.60. The van der Waals surface area contributed by atoms with Crippen LogP contribution in [0.15, 0.2) is 12.3 Å². The summed E-state index contributed by atoms with van der Waals surface area (Å²) < 4.78 is 0. The highest BCUT2D eigenvalue weighted by atomic mass is 35.5. The van der Waals surface area contributed by atoms with Gasteiger partial charge in [0, 0.05) is 18.7 Å². The van der Waals surface area contributed by atoms with Crippen molar-refractivity contribution in [2.24, 2.45) is 11.7 Å². The van der Waals surface area contributed by atoms with Crippen molar-refractivity contribution in [1.82, 2.24) is 4.98 Å². The molecule has 1 atom stereocenters. The topological polar surface area (TPSA) is 82.0 Å². The summed E-state index contributed by atoms with van der Waals surface area (Å²) in [7, 11) is 0. The van der Waals surface area contributed by atoms with E-state index in [4.69, 9.17) is 23.1 Å². The number of halogens is 1. The molecule has 0 saturated heterocycles. The minimum absolute atomic E-state index is 0.0724. The van der Waals surface area contributed by atoms with E-state index in [1.165, 1.54) is 6.20 Å². The average molecular weight is 242 g/mol. The zero-order valence-electron chi connectivity index (χ0n) is 9.24. The Hall–Kier alpha value is -1.13. The lowest BCUT2D eigenvalue weighted by atomic mass is 9.94. The van der Waals surface area contributed by atoms with Crippen molar-refractivity contribution in [3.63, 3.8) is 0 Å². The molecular formula is C11H16ClN3O. The van der Waals surface area contributed by atoms with E-state index in [9.17, 15) is 4.79 Å². The monoisotopic (exact) mass is 241 g/mol.